The van der Waals surface area contributed by atoms with Crippen molar-refractivity contribution < 1.29 is 42.2 Å². The van der Waals surface area contributed by atoms with Crippen molar-refractivity contribution in [1.29, 1.82) is 0 Å². The van der Waals surface area contributed by atoms with E-state index >= 15 is 0 Å². The molecule has 6 aromatic rings. The van der Waals surface area contributed by atoms with Crippen LogP contribution in [0.2, 0.25) is 0 Å². The summed E-state index contributed by atoms with van der Waals surface area (Å²) in [6.45, 7) is 1.65. The molecule has 1 heterocycles. The number of nitrogens with two attached hydrogens (primary N) is 1. The number of rotatable bonds is 11. The SMILES string of the molecule is COc1cc(-c2ccc(NN=C3C(=O)c4ccc(N)c(N=Nc5ccc6n[nH]nc6c5)c4C=C3S(=O)(=O)O)c(OC)c2)ccc1N=Nc1cc(C(=O)O)c(O)cc1C. The molecule has 0 fully saturated rings. The molecule has 0 bridgehead atoms. The van der Waals surface area contributed by atoms with Crippen LogP contribution in [0.3, 0.4) is 0 Å². The number of aromatic nitrogens is 3. The zero-order valence-corrected chi connectivity index (χ0v) is 31.3. The topological polar surface area (TPSA) is 289 Å². The van der Waals surface area contributed by atoms with Gasteiger partial charge in [0.1, 0.15) is 50.1 Å². The van der Waals surface area contributed by atoms with Crippen LogP contribution in [0, 0.1) is 6.92 Å². The first kappa shape index (κ1) is 38.4. The molecule has 19 nitrogen and oxygen atoms in total. The number of hydrogen-bond donors (Lipinski definition) is 6. The average Bonchev–Trinajstić information content (AvgIpc) is 3.67. The number of fused-ring (bicyclic) bond motifs is 2. The monoisotopic (exact) mass is 802 g/mol. The molecule has 7 rings (SSSR count). The Morgan fingerprint density at radius 2 is 1.55 bits per heavy atom. The fourth-order valence-electron chi connectivity index (χ4n) is 5.91. The number of methoxy groups -OCH3 is 2. The van der Waals surface area contributed by atoms with Crippen molar-refractivity contribution in [2.75, 3.05) is 25.4 Å². The van der Waals surface area contributed by atoms with Crippen LogP contribution in [-0.2, 0) is 10.1 Å². The number of H-pyrrole nitrogens is 1. The first-order valence-electron chi connectivity index (χ1n) is 16.8. The van der Waals surface area contributed by atoms with Crippen molar-refractivity contribution in [3.05, 3.63) is 106 Å². The summed E-state index contributed by atoms with van der Waals surface area (Å²) in [6, 6.07) is 20.2. The summed E-state index contributed by atoms with van der Waals surface area (Å²) in [4.78, 5) is 24.5. The number of hydrazone groups is 1. The van der Waals surface area contributed by atoms with Crippen molar-refractivity contribution in [3.8, 4) is 28.4 Å². The number of Topliss-reactive ketones (excluding diaryl/α,β-unsaturated/α-hetero) is 1. The van der Waals surface area contributed by atoms with Crippen molar-refractivity contribution in [1.82, 2.24) is 15.4 Å². The van der Waals surface area contributed by atoms with Gasteiger partial charge in [0.05, 0.1) is 37.0 Å². The van der Waals surface area contributed by atoms with E-state index < -0.39 is 32.5 Å². The molecule has 20 heteroatoms. The highest BCUT2D eigenvalue weighted by molar-refractivity contribution is 7.91. The molecular weight excluding hydrogens is 773 g/mol. The Balaban J connectivity index is 1.17. The number of aromatic amines is 1. The standard InChI is InChI=1S/C38H30N10O9S/c1-18-12-31(49)24(38(51)52)16-29(18)43-41-27-9-4-19(13-32(27)56-2)20-5-10-28(33(14-20)57-3)42-47-36-34(58(53,54)55)17-23-22(37(36)50)7-8-25(39)35(23)46-40-21-6-11-26-30(15-21)45-48-44-26/h4-17,42,49H,39H2,1-3H3,(H,51,52)(H,44,45,48)(H,53,54,55). The fourth-order valence-corrected chi connectivity index (χ4v) is 6.56. The second kappa shape index (κ2) is 15.4. The van der Waals surface area contributed by atoms with Crippen LogP contribution in [-0.4, -0.2) is 70.3 Å². The van der Waals surface area contributed by atoms with Crippen molar-refractivity contribution in [3.63, 3.8) is 0 Å². The molecule has 58 heavy (non-hydrogen) atoms. The number of benzene rings is 5. The van der Waals surface area contributed by atoms with E-state index in [1.54, 1.807) is 61.5 Å². The maximum atomic E-state index is 13.8. The summed E-state index contributed by atoms with van der Waals surface area (Å²) in [5.74, 6) is -1.96. The van der Waals surface area contributed by atoms with Crippen LogP contribution in [0.5, 0.6) is 17.2 Å². The maximum absolute atomic E-state index is 13.8. The number of carbonyl (C=O) groups is 2. The van der Waals surface area contributed by atoms with Crippen molar-refractivity contribution >= 4 is 78.8 Å². The Morgan fingerprint density at radius 1 is 0.845 bits per heavy atom. The van der Waals surface area contributed by atoms with Crippen LogP contribution in [0.25, 0.3) is 28.2 Å². The average molecular weight is 803 g/mol. The minimum absolute atomic E-state index is 0.00510. The first-order chi connectivity index (χ1) is 27.7. The van der Waals surface area contributed by atoms with E-state index in [2.05, 4.69) is 46.4 Å². The second-order valence-electron chi connectivity index (χ2n) is 12.5. The zero-order valence-electron chi connectivity index (χ0n) is 30.5. The number of azo groups is 2. The lowest BCUT2D eigenvalue weighted by molar-refractivity contribution is 0.0693. The molecule has 0 aliphatic heterocycles. The number of hydrogen-bond acceptors (Lipinski definition) is 16. The second-order valence-corrected chi connectivity index (χ2v) is 13.9. The summed E-state index contributed by atoms with van der Waals surface area (Å²) in [7, 11) is -2.17. The van der Waals surface area contributed by atoms with Crippen LogP contribution in [0.4, 0.5) is 34.1 Å². The number of carbonyl (C=O) groups excluding carboxylic acids is 1. The number of nitrogen functional groups attached to an aromatic ring is 1. The molecule has 0 spiro atoms. The first-order valence-corrected chi connectivity index (χ1v) is 18.3. The normalized spacial score (nSPS) is 13.6. The maximum Gasteiger partial charge on any atom is 0.339 e. The molecule has 1 aliphatic carbocycles. The number of nitrogens with one attached hydrogen (secondary N) is 2. The number of ether oxygens (including phenoxy) is 2. The Hall–Kier alpha value is -7.84. The summed E-state index contributed by atoms with van der Waals surface area (Å²) in [6.07, 6.45) is 1.05. The van der Waals surface area contributed by atoms with Gasteiger partial charge >= 0.3 is 5.97 Å². The molecular formula is C38H30N10O9S. The lowest BCUT2D eigenvalue weighted by Gasteiger charge is -2.18. The van der Waals surface area contributed by atoms with Crippen molar-refractivity contribution in [2.45, 2.75) is 6.92 Å². The summed E-state index contributed by atoms with van der Waals surface area (Å²) in [5.41, 5.74) is 12.2. The Bertz CT molecular complexity index is 2920. The van der Waals surface area contributed by atoms with Crippen molar-refractivity contribution in [2.24, 2.45) is 25.6 Å². The van der Waals surface area contributed by atoms with Gasteiger partial charge in [-0.05, 0) is 96.4 Å². The number of carboxylic acid groups (broad SMARTS) is 1. The molecule has 0 amide bonds. The molecule has 0 unspecified atom stereocenters. The van der Waals surface area contributed by atoms with E-state index in [0.717, 1.165) is 6.08 Å². The number of aryl methyl sites for hydroxylation is 1. The van der Waals surface area contributed by atoms with Crippen LogP contribution in [0.15, 0.2) is 109 Å². The van der Waals surface area contributed by atoms with Gasteiger partial charge in [-0.25, -0.2) is 4.79 Å². The third-order valence-corrected chi connectivity index (χ3v) is 9.74. The number of anilines is 2. The number of ketones is 1. The lowest BCUT2D eigenvalue weighted by atomic mass is 9.92. The summed E-state index contributed by atoms with van der Waals surface area (Å²) < 4.78 is 46.7. The highest BCUT2D eigenvalue weighted by atomic mass is 32.2. The van der Waals surface area contributed by atoms with Gasteiger partial charge in [0, 0.05) is 11.1 Å². The minimum Gasteiger partial charge on any atom is -0.507 e. The molecule has 0 saturated heterocycles. The molecule has 292 valence electrons. The molecule has 7 N–H and O–H groups in total. The summed E-state index contributed by atoms with van der Waals surface area (Å²) >= 11 is 0. The van der Waals surface area contributed by atoms with Crippen LogP contribution < -0.4 is 20.6 Å². The zero-order chi connectivity index (χ0) is 41.3. The number of allylic oxidation sites excluding steroid dienone is 1. The van der Waals surface area contributed by atoms with Gasteiger partial charge in [-0.1, -0.05) is 12.1 Å². The third-order valence-electron chi connectivity index (χ3n) is 8.87. The van der Waals surface area contributed by atoms with Gasteiger partial charge in [0.25, 0.3) is 10.1 Å². The third kappa shape index (κ3) is 7.54. The van der Waals surface area contributed by atoms with Gasteiger partial charge in [0.15, 0.2) is 5.71 Å². The molecule has 0 radical (unpaired) electrons. The lowest BCUT2D eigenvalue weighted by Crippen LogP contribution is -2.27. The van der Waals surface area contributed by atoms with E-state index in [1.165, 1.54) is 38.5 Å². The minimum atomic E-state index is -5.02. The predicted molar refractivity (Wildman–Crippen MR) is 213 cm³/mol. The number of phenols is 1. The van der Waals surface area contributed by atoms with Gasteiger partial charge in [-0.3, -0.25) is 14.8 Å². The number of carboxylic acids is 1. The van der Waals surface area contributed by atoms with Gasteiger partial charge in [0.2, 0.25) is 5.78 Å². The smallest absolute Gasteiger partial charge is 0.339 e. The molecule has 0 saturated carbocycles. The molecule has 1 aliphatic rings. The molecule has 0 atom stereocenters. The van der Waals surface area contributed by atoms with Crippen LogP contribution >= 0.6 is 0 Å². The number of aromatic carboxylic acids is 1. The molecule has 5 aromatic carbocycles. The largest absolute Gasteiger partial charge is 0.507 e. The van der Waals surface area contributed by atoms with E-state index in [1.807, 2.05) is 0 Å². The summed E-state index contributed by atoms with van der Waals surface area (Å²) in [5, 5.41) is 50.7. The highest BCUT2D eigenvalue weighted by Crippen LogP contribution is 2.40. The fraction of sp³-hybridized carbons (Fsp3) is 0.0789. The Kier molecular flexibility index (Phi) is 10.2. The van der Waals surface area contributed by atoms with E-state index in [9.17, 15) is 32.8 Å². The van der Waals surface area contributed by atoms with E-state index in [0.29, 0.717) is 44.8 Å². The Labute approximate surface area is 328 Å². The number of nitrogens with zero attached hydrogens (tertiary/aromatic N) is 7. The quantitative estimate of drug-likeness (QED) is 0.0318. The van der Waals surface area contributed by atoms with Gasteiger partial charge in [-0.2, -0.15) is 39.2 Å². The van der Waals surface area contributed by atoms with Gasteiger partial charge < -0.3 is 25.4 Å². The van der Waals surface area contributed by atoms with Crippen LogP contribution in [0.1, 0.15) is 31.8 Å². The number of aromatic hydroxyl groups is 1. The predicted octanol–water partition coefficient (Wildman–Crippen LogP) is 7.66. The molecule has 1 aromatic heterocycles. The van der Waals surface area contributed by atoms with E-state index in [4.69, 9.17) is 15.2 Å². The van der Waals surface area contributed by atoms with E-state index in [-0.39, 0.29) is 50.9 Å². The highest BCUT2D eigenvalue weighted by Gasteiger charge is 2.34. The Morgan fingerprint density at radius 3 is 2.28 bits per heavy atom. The van der Waals surface area contributed by atoms with Gasteiger partial charge in [-0.15, -0.1) is 10.2 Å².